The number of unbranched alkanes of at least 4 members (excludes halogenated alkanes) is 1. The van der Waals surface area contributed by atoms with Gasteiger partial charge in [-0.05, 0) is 73.9 Å². The van der Waals surface area contributed by atoms with Gasteiger partial charge >= 0.3 is 0 Å². The zero-order valence-electron chi connectivity index (χ0n) is 19.3. The third kappa shape index (κ3) is 3.32. The fourth-order valence-electron chi connectivity index (χ4n) is 6.77. The number of aromatic nitrogens is 1. The van der Waals surface area contributed by atoms with Crippen molar-refractivity contribution in [1.29, 1.82) is 0 Å². The minimum absolute atomic E-state index is 0.165. The van der Waals surface area contributed by atoms with E-state index in [9.17, 15) is 9.90 Å². The Balaban J connectivity index is 1.14. The molecule has 1 amide bonds. The average molecular weight is 444 g/mol. The van der Waals surface area contributed by atoms with Crippen molar-refractivity contribution in [3.05, 3.63) is 64.8 Å². The fourth-order valence-corrected chi connectivity index (χ4v) is 6.77. The Kier molecular flexibility index (Phi) is 5.27. The van der Waals surface area contributed by atoms with Gasteiger partial charge in [-0.15, -0.1) is 0 Å². The highest BCUT2D eigenvalue weighted by Gasteiger charge is 2.48. The number of nitrogens with zero attached hydrogens (tertiary/aromatic N) is 2. The van der Waals surface area contributed by atoms with E-state index in [2.05, 4.69) is 57.2 Å². The molecule has 0 spiro atoms. The second kappa shape index (κ2) is 8.30. The first-order valence-corrected chi connectivity index (χ1v) is 12.6. The van der Waals surface area contributed by atoms with Crippen LogP contribution < -0.4 is 5.32 Å². The lowest BCUT2D eigenvalue weighted by Crippen LogP contribution is -2.37. The first-order chi connectivity index (χ1) is 16.2. The van der Waals surface area contributed by atoms with Gasteiger partial charge in [0.05, 0.1) is 12.0 Å². The molecule has 0 bridgehead atoms. The largest absolute Gasteiger partial charge is 0.395 e. The number of para-hydroxylation sites is 1. The van der Waals surface area contributed by atoms with Crippen molar-refractivity contribution in [2.24, 2.45) is 0 Å². The van der Waals surface area contributed by atoms with Crippen LogP contribution in [0.1, 0.15) is 54.5 Å². The van der Waals surface area contributed by atoms with Gasteiger partial charge in [0.1, 0.15) is 0 Å². The van der Waals surface area contributed by atoms with Crippen molar-refractivity contribution in [3.8, 4) is 0 Å². The molecular formula is C28H33N3O2. The standard InChI is InChI=1S/C28H33N3O2/c32-18-17-31-24-11-2-1-9-21(24)22-12-16-30(19-25(22)31)15-4-3-13-28-14-6-8-20-7-5-10-23(26(20)28)29-27(28)33/h1-2,5,7,9-11,32H,3-4,6,8,12-19H2,(H,29,33). The van der Waals surface area contributed by atoms with Crippen LogP contribution in [0.2, 0.25) is 0 Å². The third-order valence-corrected chi connectivity index (χ3v) is 8.26. The molecule has 0 radical (unpaired) electrons. The Morgan fingerprint density at radius 3 is 2.85 bits per heavy atom. The summed E-state index contributed by atoms with van der Waals surface area (Å²) in [6.45, 7) is 3.91. The first-order valence-electron chi connectivity index (χ1n) is 12.6. The van der Waals surface area contributed by atoms with Gasteiger partial charge in [0.15, 0.2) is 0 Å². The zero-order valence-corrected chi connectivity index (χ0v) is 19.3. The first kappa shape index (κ1) is 20.9. The van der Waals surface area contributed by atoms with Crippen molar-refractivity contribution in [1.82, 2.24) is 9.47 Å². The summed E-state index contributed by atoms with van der Waals surface area (Å²) in [5.41, 5.74) is 7.51. The van der Waals surface area contributed by atoms with Gasteiger partial charge < -0.3 is 15.0 Å². The number of nitrogens with one attached hydrogen (secondary N) is 1. The summed E-state index contributed by atoms with van der Waals surface area (Å²) in [5.74, 6) is 0.223. The van der Waals surface area contributed by atoms with Gasteiger partial charge in [-0.1, -0.05) is 36.8 Å². The normalized spacial score (nSPS) is 21.8. The predicted molar refractivity (Wildman–Crippen MR) is 132 cm³/mol. The Morgan fingerprint density at radius 2 is 1.94 bits per heavy atom. The van der Waals surface area contributed by atoms with Crippen molar-refractivity contribution in [2.75, 3.05) is 25.0 Å². The van der Waals surface area contributed by atoms with E-state index in [0.29, 0.717) is 6.54 Å². The van der Waals surface area contributed by atoms with E-state index in [1.54, 1.807) is 0 Å². The van der Waals surface area contributed by atoms with E-state index in [0.717, 1.165) is 70.3 Å². The van der Waals surface area contributed by atoms with Crippen LogP contribution in [0.4, 0.5) is 5.69 Å². The molecule has 2 N–H and O–H groups in total. The summed E-state index contributed by atoms with van der Waals surface area (Å²) in [7, 11) is 0. The number of hydrogen-bond donors (Lipinski definition) is 2. The van der Waals surface area contributed by atoms with E-state index in [1.165, 1.54) is 33.3 Å². The number of hydrogen-bond acceptors (Lipinski definition) is 3. The molecule has 3 aromatic rings. The molecule has 1 aliphatic carbocycles. The van der Waals surface area contributed by atoms with E-state index in [-0.39, 0.29) is 17.9 Å². The Morgan fingerprint density at radius 1 is 1.03 bits per heavy atom. The predicted octanol–water partition coefficient (Wildman–Crippen LogP) is 4.39. The molecule has 2 aromatic carbocycles. The molecule has 0 saturated carbocycles. The number of amides is 1. The summed E-state index contributed by atoms with van der Waals surface area (Å²) >= 11 is 0. The van der Waals surface area contributed by atoms with Crippen LogP contribution in [0.15, 0.2) is 42.5 Å². The van der Waals surface area contributed by atoms with E-state index >= 15 is 0 Å². The molecule has 3 heterocycles. The minimum Gasteiger partial charge on any atom is -0.395 e. The quantitative estimate of drug-likeness (QED) is 0.533. The lowest BCUT2D eigenvalue weighted by Gasteiger charge is -2.33. The second-order valence-corrected chi connectivity index (χ2v) is 10.0. The van der Waals surface area contributed by atoms with Crippen LogP contribution in [0.3, 0.4) is 0 Å². The third-order valence-electron chi connectivity index (χ3n) is 8.26. The summed E-state index contributed by atoms with van der Waals surface area (Å²) < 4.78 is 2.32. The van der Waals surface area contributed by atoms with Crippen molar-refractivity contribution in [3.63, 3.8) is 0 Å². The minimum atomic E-state index is -0.299. The zero-order chi connectivity index (χ0) is 22.4. The summed E-state index contributed by atoms with van der Waals surface area (Å²) in [6, 6.07) is 15.0. The molecule has 5 heteroatoms. The molecule has 1 unspecified atom stereocenters. The molecule has 5 nitrogen and oxygen atoms in total. The highest BCUT2D eigenvalue weighted by molar-refractivity contribution is 6.07. The average Bonchev–Trinajstić information content (AvgIpc) is 3.31. The Labute approximate surface area is 195 Å². The summed E-state index contributed by atoms with van der Waals surface area (Å²) in [6.07, 6.45) is 7.39. The molecule has 0 saturated heterocycles. The smallest absolute Gasteiger partial charge is 0.235 e. The summed E-state index contributed by atoms with van der Waals surface area (Å²) in [5, 5.41) is 14.2. The number of fused-ring (bicyclic) bond motifs is 3. The van der Waals surface area contributed by atoms with Crippen molar-refractivity contribution in [2.45, 2.75) is 63.5 Å². The molecule has 2 aliphatic heterocycles. The molecular weight excluding hydrogens is 410 g/mol. The van der Waals surface area contributed by atoms with Crippen LogP contribution >= 0.6 is 0 Å². The van der Waals surface area contributed by atoms with Crippen LogP contribution in [0.5, 0.6) is 0 Å². The van der Waals surface area contributed by atoms with Crippen molar-refractivity contribution >= 4 is 22.5 Å². The van der Waals surface area contributed by atoms with E-state index in [4.69, 9.17) is 0 Å². The lowest BCUT2D eigenvalue weighted by atomic mass is 9.68. The van der Waals surface area contributed by atoms with Gasteiger partial charge in [0, 0.05) is 41.9 Å². The molecule has 0 fully saturated rings. The molecule has 1 atom stereocenters. The summed E-state index contributed by atoms with van der Waals surface area (Å²) in [4.78, 5) is 15.6. The highest BCUT2D eigenvalue weighted by Crippen LogP contribution is 2.49. The van der Waals surface area contributed by atoms with Gasteiger partial charge in [-0.2, -0.15) is 0 Å². The van der Waals surface area contributed by atoms with Gasteiger partial charge in [-0.25, -0.2) is 0 Å². The number of aliphatic hydroxyl groups excluding tert-OH is 1. The number of anilines is 1. The number of aliphatic hydroxyl groups is 1. The van der Waals surface area contributed by atoms with Crippen LogP contribution in [-0.2, 0) is 36.1 Å². The lowest BCUT2D eigenvalue weighted by molar-refractivity contribution is -0.121. The number of aryl methyl sites for hydroxylation is 1. The van der Waals surface area contributed by atoms with Crippen LogP contribution in [0, 0.1) is 0 Å². The molecule has 3 aliphatic rings. The van der Waals surface area contributed by atoms with Crippen molar-refractivity contribution < 1.29 is 9.90 Å². The number of benzene rings is 2. The van der Waals surface area contributed by atoms with Gasteiger partial charge in [0.25, 0.3) is 0 Å². The maximum absolute atomic E-state index is 13.0. The Bertz CT molecular complexity index is 1210. The SMILES string of the molecule is O=C1Nc2cccc3c2C1(CCCCN1CCc2c(n(CCO)c4ccccc24)C1)CCC3. The highest BCUT2D eigenvalue weighted by atomic mass is 16.3. The van der Waals surface area contributed by atoms with Gasteiger partial charge in [0.2, 0.25) is 5.91 Å². The molecule has 33 heavy (non-hydrogen) atoms. The number of rotatable bonds is 7. The fraction of sp³-hybridized carbons (Fsp3) is 0.464. The van der Waals surface area contributed by atoms with Crippen LogP contribution in [-0.4, -0.2) is 40.2 Å². The maximum atomic E-state index is 13.0. The number of carbonyl (C=O) groups is 1. The molecule has 6 rings (SSSR count). The van der Waals surface area contributed by atoms with Crippen LogP contribution in [0.25, 0.3) is 10.9 Å². The topological polar surface area (TPSA) is 57.5 Å². The monoisotopic (exact) mass is 443 g/mol. The second-order valence-electron chi connectivity index (χ2n) is 10.0. The van der Waals surface area contributed by atoms with E-state index in [1.807, 2.05) is 0 Å². The molecule has 172 valence electrons. The maximum Gasteiger partial charge on any atom is 0.235 e. The molecule has 1 aromatic heterocycles. The van der Waals surface area contributed by atoms with E-state index < -0.39 is 0 Å². The number of carbonyl (C=O) groups excluding carboxylic acids is 1. The van der Waals surface area contributed by atoms with Gasteiger partial charge in [-0.3, -0.25) is 9.69 Å². The Hall–Kier alpha value is -2.63.